The number of benzene rings is 1. The van der Waals surface area contributed by atoms with Crippen LogP contribution in [0.4, 0.5) is 0 Å². The number of ether oxygens (including phenoxy) is 1. The molecule has 1 N–H and O–H groups in total. The van der Waals surface area contributed by atoms with Crippen LogP contribution in [0.5, 0.6) is 5.75 Å². The maximum Gasteiger partial charge on any atom is 0.310 e. The fourth-order valence-electron chi connectivity index (χ4n) is 1.24. The van der Waals surface area contributed by atoms with Crippen LogP contribution in [0.3, 0.4) is 0 Å². The number of phenols is 1. The van der Waals surface area contributed by atoms with Gasteiger partial charge in [-0.25, -0.2) is 0 Å². The minimum Gasteiger partial charge on any atom is -0.506 e. The van der Waals surface area contributed by atoms with Crippen molar-refractivity contribution in [1.82, 2.24) is 0 Å². The van der Waals surface area contributed by atoms with Crippen LogP contribution >= 0.6 is 11.6 Å². The van der Waals surface area contributed by atoms with E-state index in [-0.39, 0.29) is 24.3 Å². The maximum absolute atomic E-state index is 11.2. The van der Waals surface area contributed by atoms with E-state index in [1.54, 1.807) is 13.0 Å². The highest BCUT2D eigenvalue weighted by molar-refractivity contribution is 6.30. The average Bonchev–Trinajstić information content (AvgIpc) is 2.23. The van der Waals surface area contributed by atoms with E-state index in [1.807, 2.05) is 0 Å². The molecule has 1 aromatic rings. The van der Waals surface area contributed by atoms with Gasteiger partial charge in [0.1, 0.15) is 11.8 Å². The van der Waals surface area contributed by atoms with Crippen LogP contribution in [0.2, 0.25) is 5.02 Å². The minimum atomic E-state index is -0.469. The monoisotopic (exact) mass is 239 g/mol. The lowest BCUT2D eigenvalue weighted by Gasteiger charge is -2.06. The Kier molecular flexibility index (Phi) is 4.15. The van der Waals surface area contributed by atoms with Gasteiger partial charge in [0.15, 0.2) is 0 Å². The van der Waals surface area contributed by atoms with Crippen LogP contribution < -0.4 is 0 Å². The van der Waals surface area contributed by atoms with Gasteiger partial charge in [-0.2, -0.15) is 5.26 Å². The highest BCUT2D eigenvalue weighted by atomic mass is 35.5. The molecule has 0 aliphatic rings. The molecule has 0 radical (unpaired) electrons. The van der Waals surface area contributed by atoms with Crippen LogP contribution in [0.15, 0.2) is 12.1 Å². The number of hydrogen-bond acceptors (Lipinski definition) is 4. The van der Waals surface area contributed by atoms with E-state index >= 15 is 0 Å². The van der Waals surface area contributed by atoms with E-state index in [4.69, 9.17) is 21.6 Å². The Bertz CT molecular complexity index is 451. The Hall–Kier alpha value is -1.73. The third-order valence-electron chi connectivity index (χ3n) is 1.91. The van der Waals surface area contributed by atoms with Gasteiger partial charge in [-0.05, 0) is 19.1 Å². The second-order valence-corrected chi connectivity index (χ2v) is 3.49. The number of esters is 1. The Morgan fingerprint density at radius 3 is 2.88 bits per heavy atom. The number of rotatable bonds is 3. The SMILES string of the molecule is CCOC(=O)Cc1cc(Cl)cc(C#N)c1O. The van der Waals surface area contributed by atoms with Crippen molar-refractivity contribution in [2.45, 2.75) is 13.3 Å². The maximum atomic E-state index is 11.2. The molecule has 0 saturated heterocycles. The highest BCUT2D eigenvalue weighted by Gasteiger charge is 2.13. The number of hydrogen-bond donors (Lipinski definition) is 1. The summed E-state index contributed by atoms with van der Waals surface area (Å²) in [5.74, 6) is -0.691. The van der Waals surface area contributed by atoms with Gasteiger partial charge < -0.3 is 9.84 Å². The van der Waals surface area contributed by atoms with Crippen molar-refractivity contribution in [2.75, 3.05) is 6.61 Å². The molecule has 0 amide bonds. The number of phenolic OH excluding ortho intramolecular Hbond substituents is 1. The van der Waals surface area contributed by atoms with Gasteiger partial charge in [0.05, 0.1) is 18.6 Å². The smallest absolute Gasteiger partial charge is 0.310 e. The van der Waals surface area contributed by atoms with Gasteiger partial charge in [-0.15, -0.1) is 0 Å². The van der Waals surface area contributed by atoms with Gasteiger partial charge >= 0.3 is 5.97 Å². The third kappa shape index (κ3) is 2.88. The van der Waals surface area contributed by atoms with E-state index in [0.29, 0.717) is 10.6 Å². The standard InChI is InChI=1S/C11H10ClNO3/c1-2-16-10(14)5-7-3-9(12)4-8(6-13)11(7)15/h3-4,15H,2,5H2,1H3. The van der Waals surface area contributed by atoms with E-state index < -0.39 is 5.97 Å². The number of aromatic hydroxyl groups is 1. The van der Waals surface area contributed by atoms with Crippen molar-refractivity contribution >= 4 is 17.6 Å². The van der Waals surface area contributed by atoms with Crippen molar-refractivity contribution in [1.29, 1.82) is 5.26 Å². The first kappa shape index (κ1) is 12.3. The summed E-state index contributed by atoms with van der Waals surface area (Å²) in [5, 5.41) is 18.7. The summed E-state index contributed by atoms with van der Waals surface area (Å²) >= 11 is 5.75. The first-order valence-corrected chi connectivity index (χ1v) is 5.03. The predicted molar refractivity (Wildman–Crippen MR) is 58.2 cm³/mol. The lowest BCUT2D eigenvalue weighted by atomic mass is 10.1. The zero-order valence-corrected chi connectivity index (χ0v) is 9.41. The first-order chi connectivity index (χ1) is 7.58. The minimum absolute atomic E-state index is 0.0480. The number of carbonyl (C=O) groups is 1. The molecule has 0 fully saturated rings. The molecule has 5 heteroatoms. The molecule has 1 aromatic carbocycles. The lowest BCUT2D eigenvalue weighted by Crippen LogP contribution is -2.07. The summed E-state index contributed by atoms with van der Waals surface area (Å²) in [6.45, 7) is 1.96. The molecule has 0 heterocycles. The quantitative estimate of drug-likeness (QED) is 0.820. The Morgan fingerprint density at radius 2 is 2.31 bits per heavy atom. The van der Waals surface area contributed by atoms with E-state index in [0.717, 1.165) is 0 Å². The van der Waals surface area contributed by atoms with Crippen LogP contribution in [0.1, 0.15) is 18.1 Å². The zero-order chi connectivity index (χ0) is 12.1. The lowest BCUT2D eigenvalue weighted by molar-refractivity contribution is -0.142. The molecule has 4 nitrogen and oxygen atoms in total. The summed E-state index contributed by atoms with van der Waals surface area (Å²) in [4.78, 5) is 11.2. The van der Waals surface area contributed by atoms with Gasteiger partial charge in [-0.1, -0.05) is 11.6 Å². The van der Waals surface area contributed by atoms with Crippen molar-refractivity contribution in [3.05, 3.63) is 28.3 Å². The number of nitriles is 1. The normalized spacial score (nSPS) is 9.56. The van der Waals surface area contributed by atoms with Gasteiger partial charge in [0, 0.05) is 10.6 Å². The highest BCUT2D eigenvalue weighted by Crippen LogP contribution is 2.27. The van der Waals surface area contributed by atoms with Crippen molar-refractivity contribution in [3.63, 3.8) is 0 Å². The summed E-state index contributed by atoms with van der Waals surface area (Å²) in [7, 11) is 0. The van der Waals surface area contributed by atoms with Gasteiger partial charge in [-0.3, -0.25) is 4.79 Å². The average molecular weight is 240 g/mol. The number of nitrogens with zero attached hydrogens (tertiary/aromatic N) is 1. The predicted octanol–water partition coefficient (Wildman–Crippen LogP) is 2.02. The Morgan fingerprint density at radius 1 is 1.62 bits per heavy atom. The molecule has 0 aromatic heterocycles. The van der Waals surface area contributed by atoms with Crippen molar-refractivity contribution in [2.24, 2.45) is 0 Å². The topological polar surface area (TPSA) is 70.3 Å². The van der Waals surface area contributed by atoms with E-state index in [1.165, 1.54) is 12.1 Å². The molecule has 0 atom stereocenters. The summed E-state index contributed by atoms with van der Waals surface area (Å²) < 4.78 is 4.74. The van der Waals surface area contributed by atoms with Crippen LogP contribution in [-0.2, 0) is 16.0 Å². The fraction of sp³-hybridized carbons (Fsp3) is 0.273. The van der Waals surface area contributed by atoms with Crippen LogP contribution in [0.25, 0.3) is 0 Å². The fourth-order valence-corrected chi connectivity index (χ4v) is 1.48. The van der Waals surface area contributed by atoms with Crippen LogP contribution in [-0.4, -0.2) is 17.7 Å². The largest absolute Gasteiger partial charge is 0.506 e. The second kappa shape index (κ2) is 5.38. The van der Waals surface area contributed by atoms with Crippen molar-refractivity contribution < 1.29 is 14.6 Å². The van der Waals surface area contributed by atoms with Crippen molar-refractivity contribution in [3.8, 4) is 11.8 Å². The summed E-state index contributed by atoms with van der Waals surface area (Å²) in [6.07, 6.45) is -0.102. The molecule has 0 aliphatic heterocycles. The molecule has 0 aliphatic carbocycles. The molecule has 0 unspecified atom stereocenters. The molecule has 1 rings (SSSR count). The van der Waals surface area contributed by atoms with E-state index in [9.17, 15) is 9.90 Å². The first-order valence-electron chi connectivity index (χ1n) is 4.65. The second-order valence-electron chi connectivity index (χ2n) is 3.05. The third-order valence-corrected chi connectivity index (χ3v) is 2.13. The zero-order valence-electron chi connectivity index (χ0n) is 8.66. The number of halogens is 1. The molecule has 84 valence electrons. The Labute approximate surface area is 98.0 Å². The molecule has 0 saturated carbocycles. The molecule has 0 spiro atoms. The Balaban J connectivity index is 3.01. The van der Waals surface area contributed by atoms with E-state index in [2.05, 4.69) is 0 Å². The van der Waals surface area contributed by atoms with Crippen LogP contribution in [0, 0.1) is 11.3 Å². The molecule has 16 heavy (non-hydrogen) atoms. The van der Waals surface area contributed by atoms with Gasteiger partial charge in [0.25, 0.3) is 0 Å². The summed E-state index contributed by atoms with van der Waals surface area (Å²) in [5.41, 5.74) is 0.342. The molecular formula is C11H10ClNO3. The van der Waals surface area contributed by atoms with Gasteiger partial charge in [0.2, 0.25) is 0 Å². The molecular weight excluding hydrogens is 230 g/mol. The summed E-state index contributed by atoms with van der Waals surface area (Å²) in [6, 6.07) is 4.57. The number of carbonyl (C=O) groups excluding carboxylic acids is 1. The molecule has 0 bridgehead atoms.